The Morgan fingerprint density at radius 1 is 1.14 bits per heavy atom. The average molecular weight is 498 g/mol. The number of benzene rings is 1. The third-order valence-electron chi connectivity index (χ3n) is 8.49. The minimum absolute atomic E-state index is 0.159. The van der Waals surface area contributed by atoms with E-state index in [4.69, 9.17) is 21.7 Å². The number of thiocarbonyl (C=S) groups is 1. The summed E-state index contributed by atoms with van der Waals surface area (Å²) in [5, 5.41) is 7.05. The van der Waals surface area contributed by atoms with Crippen molar-refractivity contribution in [1.29, 1.82) is 0 Å². The molecule has 4 saturated carbocycles. The lowest BCUT2D eigenvalue weighted by atomic mass is 9.49. The third kappa shape index (κ3) is 4.58. The van der Waals surface area contributed by atoms with E-state index in [0.717, 1.165) is 36.2 Å². The number of methoxy groups -OCH3 is 1. The van der Waals surface area contributed by atoms with Crippen LogP contribution >= 0.6 is 12.2 Å². The molecule has 0 saturated heterocycles. The highest BCUT2D eigenvalue weighted by Crippen LogP contribution is 2.60. The highest BCUT2D eigenvalue weighted by atomic mass is 32.1. The van der Waals surface area contributed by atoms with Crippen LogP contribution in [0.1, 0.15) is 57.1 Å². The van der Waals surface area contributed by atoms with Crippen molar-refractivity contribution in [3.05, 3.63) is 41.1 Å². The summed E-state index contributed by atoms with van der Waals surface area (Å²) in [5.41, 5.74) is 2.62. The smallest absolute Gasteiger partial charge is 0.338 e. The topological polar surface area (TPSA) is 79.9 Å². The van der Waals surface area contributed by atoms with E-state index in [0.29, 0.717) is 35.0 Å². The Balaban J connectivity index is 1.37. The first-order chi connectivity index (χ1) is 16.8. The molecule has 4 bridgehead atoms. The monoisotopic (exact) mass is 497 g/mol. The third-order valence-corrected chi connectivity index (χ3v) is 8.88. The molecule has 6 rings (SSSR count). The molecule has 0 aromatic heterocycles. The van der Waals surface area contributed by atoms with E-state index in [1.165, 1.54) is 19.3 Å². The van der Waals surface area contributed by atoms with Gasteiger partial charge in [-0.2, -0.15) is 0 Å². The van der Waals surface area contributed by atoms with Gasteiger partial charge in [-0.25, -0.2) is 4.79 Å². The maximum Gasteiger partial charge on any atom is 0.338 e. The summed E-state index contributed by atoms with van der Waals surface area (Å²) < 4.78 is 10.5. The number of nitrogens with zero attached hydrogens (tertiary/aromatic N) is 1. The Bertz CT molecular complexity index is 1030. The molecule has 5 aliphatic rings. The molecular weight excluding hydrogens is 462 g/mol. The van der Waals surface area contributed by atoms with E-state index < -0.39 is 12.0 Å². The molecule has 0 spiro atoms. The fourth-order valence-electron chi connectivity index (χ4n) is 7.09. The van der Waals surface area contributed by atoms with Crippen molar-refractivity contribution in [3.63, 3.8) is 0 Å². The van der Waals surface area contributed by atoms with E-state index in [9.17, 15) is 9.59 Å². The minimum atomic E-state index is -0.467. The number of carbonyl (C=O) groups is 2. The Labute approximate surface area is 212 Å². The molecule has 7 nitrogen and oxygen atoms in total. The predicted octanol–water partition coefficient (Wildman–Crippen LogP) is 4.17. The number of allylic oxidation sites excluding steroid dienone is 1. The van der Waals surface area contributed by atoms with Gasteiger partial charge in [0.2, 0.25) is 5.91 Å². The van der Waals surface area contributed by atoms with Gasteiger partial charge < -0.3 is 25.0 Å². The van der Waals surface area contributed by atoms with Gasteiger partial charge in [-0.3, -0.25) is 4.79 Å². The first kappa shape index (κ1) is 24.3. The number of carbonyl (C=O) groups excluding carboxylic acids is 2. The average Bonchev–Trinajstić information content (AvgIpc) is 2.81. The molecule has 4 aliphatic carbocycles. The van der Waals surface area contributed by atoms with Gasteiger partial charge in [0, 0.05) is 25.5 Å². The maximum atomic E-state index is 13.6. The SMILES string of the molecule is COCCOC(=O)C1=C(C)N(C)C(=S)N[C@@H]1c1cccc(NC(=O)C23CC4CC(CC(C4)C2)C3)c1. The zero-order valence-corrected chi connectivity index (χ0v) is 21.6. The normalized spacial score (nSPS) is 31.4. The molecule has 1 aliphatic heterocycles. The van der Waals surface area contributed by atoms with Crippen LogP contribution in [-0.4, -0.2) is 49.3 Å². The van der Waals surface area contributed by atoms with Gasteiger partial charge in [0.15, 0.2) is 5.11 Å². The number of rotatable bonds is 7. The summed E-state index contributed by atoms with van der Waals surface area (Å²) in [4.78, 5) is 28.4. The fourth-order valence-corrected chi connectivity index (χ4v) is 7.35. The molecule has 0 unspecified atom stereocenters. The molecule has 35 heavy (non-hydrogen) atoms. The molecule has 1 aromatic carbocycles. The minimum Gasteiger partial charge on any atom is -0.460 e. The van der Waals surface area contributed by atoms with E-state index in [1.54, 1.807) is 12.0 Å². The quantitative estimate of drug-likeness (QED) is 0.333. The van der Waals surface area contributed by atoms with Crippen LogP contribution in [-0.2, 0) is 19.1 Å². The summed E-state index contributed by atoms with van der Waals surface area (Å²) in [6.45, 7) is 2.37. The first-order valence-electron chi connectivity index (χ1n) is 12.6. The lowest BCUT2D eigenvalue weighted by Crippen LogP contribution is -2.51. The van der Waals surface area contributed by atoms with Gasteiger partial charge in [0.1, 0.15) is 6.61 Å². The van der Waals surface area contributed by atoms with Crippen LogP contribution in [0, 0.1) is 23.2 Å². The van der Waals surface area contributed by atoms with Gasteiger partial charge in [0.25, 0.3) is 0 Å². The molecular formula is C27H35N3O4S. The highest BCUT2D eigenvalue weighted by Gasteiger charge is 2.54. The van der Waals surface area contributed by atoms with Gasteiger partial charge in [0.05, 0.1) is 23.6 Å². The van der Waals surface area contributed by atoms with E-state index in [-0.39, 0.29) is 17.9 Å². The molecule has 8 heteroatoms. The van der Waals surface area contributed by atoms with Crippen LogP contribution in [0.25, 0.3) is 0 Å². The van der Waals surface area contributed by atoms with Gasteiger partial charge in [-0.1, -0.05) is 12.1 Å². The van der Waals surface area contributed by atoms with Crippen LogP contribution < -0.4 is 10.6 Å². The molecule has 2 N–H and O–H groups in total. The van der Waals surface area contributed by atoms with Gasteiger partial charge in [-0.15, -0.1) is 0 Å². The van der Waals surface area contributed by atoms with Crippen molar-refractivity contribution in [1.82, 2.24) is 10.2 Å². The maximum absolute atomic E-state index is 13.6. The van der Waals surface area contributed by atoms with Crippen molar-refractivity contribution >= 4 is 34.9 Å². The van der Waals surface area contributed by atoms with Crippen LogP contribution in [0.15, 0.2) is 35.5 Å². The summed E-state index contributed by atoms with van der Waals surface area (Å²) >= 11 is 5.52. The second-order valence-corrected chi connectivity index (χ2v) is 11.2. The number of ether oxygens (including phenoxy) is 2. The lowest BCUT2D eigenvalue weighted by Gasteiger charge is -2.55. The van der Waals surface area contributed by atoms with Gasteiger partial charge in [-0.05, 0) is 93.1 Å². The van der Waals surface area contributed by atoms with Crippen LogP contribution in [0.5, 0.6) is 0 Å². The number of amides is 1. The first-order valence-corrected chi connectivity index (χ1v) is 13.0. The molecule has 1 atom stereocenters. The summed E-state index contributed by atoms with van der Waals surface area (Å²) in [6.07, 6.45) is 6.98. The molecule has 1 amide bonds. The highest BCUT2D eigenvalue weighted by molar-refractivity contribution is 7.80. The standard InChI is InChI=1S/C27H35N3O4S/c1-16-22(24(31)34-8-7-33-3)23(29-26(35)30(16)2)20-5-4-6-21(12-20)28-25(32)27-13-17-9-18(14-27)11-19(10-17)15-27/h4-6,12,17-19,23H,7-11,13-15H2,1-3H3,(H,28,32)(H,29,35)/t17?,18?,19?,23-,27?/m1/s1. The van der Waals surface area contributed by atoms with Crippen molar-refractivity contribution in [2.45, 2.75) is 51.5 Å². The van der Waals surface area contributed by atoms with E-state index >= 15 is 0 Å². The number of hydrogen-bond donors (Lipinski definition) is 2. The summed E-state index contributed by atoms with van der Waals surface area (Å²) in [6, 6.07) is 7.26. The second-order valence-electron chi connectivity index (χ2n) is 10.8. The summed E-state index contributed by atoms with van der Waals surface area (Å²) in [5.74, 6) is 1.88. The van der Waals surface area contributed by atoms with Crippen molar-refractivity contribution in [2.75, 3.05) is 32.7 Å². The number of esters is 1. The molecule has 1 aromatic rings. The van der Waals surface area contributed by atoms with Crippen LogP contribution in [0.2, 0.25) is 0 Å². The number of hydrogen-bond acceptors (Lipinski definition) is 5. The van der Waals surface area contributed by atoms with Crippen LogP contribution in [0.4, 0.5) is 5.69 Å². The zero-order chi connectivity index (χ0) is 24.7. The Hall–Kier alpha value is -2.45. The number of nitrogens with one attached hydrogen (secondary N) is 2. The van der Waals surface area contributed by atoms with Gasteiger partial charge >= 0.3 is 5.97 Å². The van der Waals surface area contributed by atoms with Crippen LogP contribution in [0.3, 0.4) is 0 Å². The van der Waals surface area contributed by atoms with Crippen molar-refractivity contribution in [2.24, 2.45) is 23.2 Å². The molecule has 4 fully saturated rings. The second kappa shape index (κ2) is 9.54. The Morgan fingerprint density at radius 3 is 2.43 bits per heavy atom. The largest absolute Gasteiger partial charge is 0.460 e. The van der Waals surface area contributed by atoms with E-state index in [1.807, 2.05) is 38.2 Å². The number of anilines is 1. The van der Waals surface area contributed by atoms with Crippen molar-refractivity contribution in [3.8, 4) is 0 Å². The molecule has 1 heterocycles. The Morgan fingerprint density at radius 2 is 1.80 bits per heavy atom. The van der Waals surface area contributed by atoms with E-state index in [2.05, 4.69) is 10.6 Å². The summed E-state index contributed by atoms with van der Waals surface area (Å²) in [7, 11) is 3.39. The fraction of sp³-hybridized carbons (Fsp3) is 0.593. The zero-order valence-electron chi connectivity index (χ0n) is 20.8. The predicted molar refractivity (Wildman–Crippen MR) is 137 cm³/mol. The lowest BCUT2D eigenvalue weighted by molar-refractivity contribution is -0.141. The molecule has 0 radical (unpaired) electrons. The molecule has 188 valence electrons. The van der Waals surface area contributed by atoms with Crippen molar-refractivity contribution < 1.29 is 19.1 Å². The Kier molecular flexibility index (Phi) is 6.61.